The van der Waals surface area contributed by atoms with E-state index in [2.05, 4.69) is 34.8 Å². The molecule has 3 aromatic rings. The zero-order chi connectivity index (χ0) is 24.9. The zero-order valence-electron chi connectivity index (χ0n) is 20.6. The molecule has 0 bridgehead atoms. The molecule has 4 heterocycles. The number of pyridine rings is 2. The third-order valence-corrected chi connectivity index (χ3v) is 6.29. The fraction of sp³-hybridized carbons (Fsp3) is 0.462. The minimum Gasteiger partial charge on any atom is -0.492 e. The van der Waals surface area contributed by atoms with Crippen molar-refractivity contribution >= 4 is 17.1 Å². The minimum atomic E-state index is -0.382. The molecule has 4 rings (SSSR count). The van der Waals surface area contributed by atoms with E-state index in [1.54, 1.807) is 16.9 Å². The van der Waals surface area contributed by atoms with Gasteiger partial charge in [0, 0.05) is 43.5 Å². The molecular weight excluding hydrogens is 442 g/mol. The highest BCUT2D eigenvalue weighted by Gasteiger charge is 2.23. The summed E-state index contributed by atoms with van der Waals surface area (Å²) in [6, 6.07) is 7.78. The number of carbonyl (C=O) groups is 1. The van der Waals surface area contributed by atoms with E-state index in [9.17, 15) is 10.1 Å². The van der Waals surface area contributed by atoms with Crippen LogP contribution in [0, 0.1) is 17.2 Å². The van der Waals surface area contributed by atoms with E-state index in [0.29, 0.717) is 30.4 Å². The lowest BCUT2D eigenvalue weighted by Crippen LogP contribution is -2.50. The van der Waals surface area contributed by atoms with Crippen LogP contribution in [-0.4, -0.2) is 70.7 Å². The van der Waals surface area contributed by atoms with Gasteiger partial charge >= 0.3 is 0 Å². The first kappa shape index (κ1) is 24.6. The van der Waals surface area contributed by atoms with E-state index in [1.165, 1.54) is 0 Å². The fourth-order valence-corrected chi connectivity index (χ4v) is 4.49. The Kier molecular flexibility index (Phi) is 7.63. The van der Waals surface area contributed by atoms with Crippen molar-refractivity contribution in [1.82, 2.24) is 19.5 Å². The molecule has 0 amide bonds. The molecule has 0 aromatic carbocycles. The van der Waals surface area contributed by atoms with Gasteiger partial charge < -0.3 is 15.4 Å². The Labute approximate surface area is 206 Å². The number of rotatable bonds is 9. The van der Waals surface area contributed by atoms with Crippen LogP contribution in [0.25, 0.3) is 16.6 Å². The van der Waals surface area contributed by atoms with Crippen molar-refractivity contribution in [3.63, 3.8) is 0 Å². The number of piperazine rings is 1. The summed E-state index contributed by atoms with van der Waals surface area (Å²) < 4.78 is 7.38. The fourth-order valence-electron chi connectivity index (χ4n) is 4.49. The van der Waals surface area contributed by atoms with Gasteiger partial charge in [-0.25, -0.2) is 9.50 Å². The minimum absolute atomic E-state index is 0.117. The second kappa shape index (κ2) is 10.8. The molecule has 35 heavy (non-hydrogen) atoms. The Balaban J connectivity index is 1.45. The molecule has 1 saturated heterocycles. The molecule has 2 N–H and O–H groups in total. The summed E-state index contributed by atoms with van der Waals surface area (Å²) >= 11 is 0. The Morgan fingerprint density at radius 2 is 2.00 bits per heavy atom. The number of nitrogens with two attached hydrogens (primary N) is 1. The van der Waals surface area contributed by atoms with Gasteiger partial charge in [0.15, 0.2) is 5.78 Å². The molecule has 1 atom stereocenters. The predicted octanol–water partition coefficient (Wildman–Crippen LogP) is 2.73. The number of hydrogen-bond acceptors (Lipinski definition) is 8. The van der Waals surface area contributed by atoms with Crippen molar-refractivity contribution in [1.29, 1.82) is 5.26 Å². The Morgan fingerprint density at radius 3 is 2.63 bits per heavy atom. The molecule has 9 heteroatoms. The van der Waals surface area contributed by atoms with Crippen molar-refractivity contribution in [3.8, 4) is 22.9 Å². The molecule has 1 aliphatic rings. The highest BCUT2D eigenvalue weighted by atomic mass is 16.5. The van der Waals surface area contributed by atoms with Crippen molar-refractivity contribution in [2.75, 3.05) is 44.2 Å². The number of ether oxygens (including phenoxy) is 1. The van der Waals surface area contributed by atoms with E-state index >= 15 is 0 Å². The number of fused-ring (bicyclic) bond motifs is 1. The number of ketones is 1. The molecule has 3 aromatic heterocycles. The highest BCUT2D eigenvalue weighted by Crippen LogP contribution is 2.31. The lowest BCUT2D eigenvalue weighted by Gasteiger charge is -2.35. The van der Waals surface area contributed by atoms with E-state index in [0.717, 1.165) is 55.1 Å². The smallest absolute Gasteiger partial charge is 0.163 e. The number of Topliss-reactive ketones (excluding diaryl/α,β-unsaturated/α-hetero) is 1. The van der Waals surface area contributed by atoms with E-state index in [4.69, 9.17) is 15.5 Å². The molecule has 0 saturated carbocycles. The summed E-state index contributed by atoms with van der Waals surface area (Å²) in [7, 11) is 0. The average Bonchev–Trinajstić information content (AvgIpc) is 3.27. The van der Waals surface area contributed by atoms with Crippen molar-refractivity contribution in [2.45, 2.75) is 33.2 Å². The molecule has 0 radical (unpaired) electrons. The molecular formula is C26H33N7O2. The van der Waals surface area contributed by atoms with E-state index < -0.39 is 0 Å². The summed E-state index contributed by atoms with van der Waals surface area (Å²) in [5.41, 5.74) is 9.04. The number of anilines is 1. The molecule has 9 nitrogen and oxygen atoms in total. The number of aromatic nitrogens is 3. The Hall–Kier alpha value is -3.48. The van der Waals surface area contributed by atoms with E-state index in [-0.39, 0.29) is 11.8 Å². The Bertz CT molecular complexity index is 1200. The van der Waals surface area contributed by atoms with Gasteiger partial charge in [0.25, 0.3) is 0 Å². The van der Waals surface area contributed by atoms with Gasteiger partial charge in [0.2, 0.25) is 0 Å². The summed E-state index contributed by atoms with van der Waals surface area (Å²) in [6.45, 7) is 10.2. The SMILES string of the molecule is CCOc1cc(-c2ccc(N3CCN(CC(=O)[C@H](N)CC(C)C)CC3)nc2)c2c(C#N)cnn2c1. The average molecular weight is 476 g/mol. The van der Waals surface area contributed by atoms with Crippen LogP contribution in [0.2, 0.25) is 0 Å². The third kappa shape index (κ3) is 5.61. The van der Waals surface area contributed by atoms with Gasteiger partial charge in [-0.05, 0) is 37.5 Å². The van der Waals surface area contributed by atoms with Crippen LogP contribution >= 0.6 is 0 Å². The van der Waals surface area contributed by atoms with Crippen molar-refractivity contribution in [3.05, 3.63) is 42.4 Å². The predicted molar refractivity (Wildman–Crippen MR) is 135 cm³/mol. The molecule has 0 unspecified atom stereocenters. The van der Waals surface area contributed by atoms with Gasteiger partial charge in [-0.2, -0.15) is 10.4 Å². The van der Waals surface area contributed by atoms with Gasteiger partial charge in [0.1, 0.15) is 17.6 Å². The second-order valence-corrected chi connectivity index (χ2v) is 9.36. The summed E-state index contributed by atoms with van der Waals surface area (Å²) in [6.07, 6.45) is 5.90. The van der Waals surface area contributed by atoms with Crippen LogP contribution in [0.3, 0.4) is 0 Å². The van der Waals surface area contributed by atoms with Crippen molar-refractivity contribution < 1.29 is 9.53 Å². The molecule has 0 spiro atoms. The quantitative estimate of drug-likeness (QED) is 0.503. The first-order valence-electron chi connectivity index (χ1n) is 12.2. The second-order valence-electron chi connectivity index (χ2n) is 9.36. The van der Waals surface area contributed by atoms with Gasteiger partial charge in [0.05, 0.1) is 42.7 Å². The molecule has 0 aliphatic carbocycles. The molecule has 1 aliphatic heterocycles. The summed E-state index contributed by atoms with van der Waals surface area (Å²) in [5, 5.41) is 13.8. The van der Waals surface area contributed by atoms with Crippen molar-refractivity contribution in [2.24, 2.45) is 11.7 Å². The molecule has 1 fully saturated rings. The molecule has 184 valence electrons. The standard InChI is InChI=1S/C26H33N7O2/c1-4-35-21-12-22(26-20(13-27)15-30-33(26)16-21)19-5-6-25(29-14-19)32-9-7-31(8-10-32)17-24(34)23(28)11-18(2)3/h5-6,12,14-16,18,23H,4,7-11,17,28H2,1-3H3/t23-/m1/s1. The van der Waals surface area contributed by atoms with Crippen LogP contribution in [0.4, 0.5) is 5.82 Å². The maximum Gasteiger partial charge on any atom is 0.163 e. The first-order chi connectivity index (χ1) is 16.9. The number of nitriles is 1. The topological polar surface area (TPSA) is 113 Å². The third-order valence-electron chi connectivity index (χ3n) is 6.29. The van der Waals surface area contributed by atoms with Crippen LogP contribution in [-0.2, 0) is 4.79 Å². The number of nitrogens with zero attached hydrogens (tertiary/aromatic N) is 6. The monoisotopic (exact) mass is 475 g/mol. The summed E-state index contributed by atoms with van der Waals surface area (Å²) in [5.74, 6) is 2.11. The Morgan fingerprint density at radius 1 is 1.23 bits per heavy atom. The lowest BCUT2D eigenvalue weighted by atomic mass is 10.0. The highest BCUT2D eigenvalue weighted by molar-refractivity contribution is 5.86. The number of hydrogen-bond donors (Lipinski definition) is 1. The van der Waals surface area contributed by atoms with Crippen LogP contribution in [0.5, 0.6) is 5.75 Å². The summed E-state index contributed by atoms with van der Waals surface area (Å²) in [4.78, 5) is 21.5. The van der Waals surface area contributed by atoms with Gasteiger partial charge in [-0.1, -0.05) is 13.8 Å². The first-order valence-corrected chi connectivity index (χ1v) is 12.2. The van der Waals surface area contributed by atoms with E-state index in [1.807, 2.05) is 31.3 Å². The number of carbonyl (C=O) groups excluding carboxylic acids is 1. The maximum absolute atomic E-state index is 12.4. The largest absolute Gasteiger partial charge is 0.492 e. The van der Waals surface area contributed by atoms with Crippen LogP contribution in [0.1, 0.15) is 32.8 Å². The van der Waals surface area contributed by atoms with Crippen LogP contribution < -0.4 is 15.4 Å². The lowest BCUT2D eigenvalue weighted by molar-refractivity contribution is -0.121. The zero-order valence-corrected chi connectivity index (χ0v) is 20.6. The van der Waals surface area contributed by atoms with Crippen LogP contribution in [0.15, 0.2) is 36.8 Å². The maximum atomic E-state index is 12.4. The van der Waals surface area contributed by atoms with Gasteiger partial charge in [-0.3, -0.25) is 9.69 Å². The normalized spacial score (nSPS) is 15.4. The van der Waals surface area contributed by atoms with Gasteiger partial charge in [-0.15, -0.1) is 0 Å².